The van der Waals surface area contributed by atoms with Gasteiger partial charge in [0.2, 0.25) is 0 Å². The molecule has 0 spiro atoms. The van der Waals surface area contributed by atoms with Crippen molar-refractivity contribution in [3.05, 3.63) is 69.5 Å². The number of halogens is 1. The Morgan fingerprint density at radius 3 is 2.50 bits per heavy atom. The Bertz CT molecular complexity index is 909. The lowest BCUT2D eigenvalue weighted by atomic mass is 10.1. The normalized spacial score (nSPS) is 13.8. The van der Waals surface area contributed by atoms with E-state index in [0.29, 0.717) is 5.69 Å². The zero-order valence-electron chi connectivity index (χ0n) is 15.1. The molecule has 1 saturated heterocycles. The lowest BCUT2D eigenvalue weighted by Gasteiger charge is -2.28. The number of rotatable bonds is 6. The Labute approximate surface area is 160 Å². The maximum Gasteiger partial charge on any atom is 0.338 e. The number of nitrogens with zero attached hydrogens (tertiary/aromatic N) is 2. The molecule has 0 atom stereocenters. The van der Waals surface area contributed by atoms with Crippen LogP contribution in [0.1, 0.15) is 40.0 Å². The predicted molar refractivity (Wildman–Crippen MR) is 100 cm³/mol. The van der Waals surface area contributed by atoms with Crippen molar-refractivity contribution in [1.82, 2.24) is 0 Å². The van der Waals surface area contributed by atoms with Gasteiger partial charge in [0.1, 0.15) is 11.5 Å². The summed E-state index contributed by atoms with van der Waals surface area (Å²) in [5.41, 5.74) is 0.364. The SMILES string of the molecule is O=C(COC(=O)c1ccc(N2CCCCC2)c([N+](=O)[O-])c1)c1cccc(F)c1. The summed E-state index contributed by atoms with van der Waals surface area (Å²) in [7, 11) is 0. The highest BCUT2D eigenvalue weighted by Crippen LogP contribution is 2.31. The molecule has 0 aromatic heterocycles. The van der Waals surface area contributed by atoms with Crippen molar-refractivity contribution in [3.63, 3.8) is 0 Å². The number of hydrogen-bond donors (Lipinski definition) is 0. The molecule has 1 fully saturated rings. The van der Waals surface area contributed by atoms with Crippen LogP contribution in [-0.2, 0) is 4.74 Å². The van der Waals surface area contributed by atoms with Crippen molar-refractivity contribution in [2.45, 2.75) is 19.3 Å². The van der Waals surface area contributed by atoms with Crippen LogP contribution in [0.3, 0.4) is 0 Å². The second-order valence-electron chi connectivity index (χ2n) is 6.52. The lowest BCUT2D eigenvalue weighted by molar-refractivity contribution is -0.384. The van der Waals surface area contributed by atoms with E-state index < -0.39 is 29.1 Å². The van der Waals surface area contributed by atoms with E-state index in [0.717, 1.165) is 38.4 Å². The molecule has 0 saturated carbocycles. The fraction of sp³-hybridized carbons (Fsp3) is 0.300. The monoisotopic (exact) mass is 386 g/mol. The first-order valence-electron chi connectivity index (χ1n) is 8.95. The Balaban J connectivity index is 1.72. The van der Waals surface area contributed by atoms with Crippen LogP contribution in [0, 0.1) is 15.9 Å². The third-order valence-electron chi connectivity index (χ3n) is 4.59. The third kappa shape index (κ3) is 4.51. The maximum absolute atomic E-state index is 13.2. The Morgan fingerprint density at radius 2 is 1.82 bits per heavy atom. The van der Waals surface area contributed by atoms with Crippen molar-refractivity contribution < 1.29 is 23.6 Å². The molecule has 0 N–H and O–H groups in total. The Hall–Kier alpha value is -3.29. The van der Waals surface area contributed by atoms with Gasteiger partial charge in [-0.25, -0.2) is 9.18 Å². The van der Waals surface area contributed by atoms with Crippen LogP contribution >= 0.6 is 0 Å². The van der Waals surface area contributed by atoms with Gasteiger partial charge in [-0.2, -0.15) is 0 Å². The second kappa shape index (κ2) is 8.60. The number of anilines is 1. The number of esters is 1. The average Bonchev–Trinajstić information content (AvgIpc) is 2.72. The van der Waals surface area contributed by atoms with E-state index in [-0.39, 0.29) is 16.8 Å². The van der Waals surface area contributed by atoms with Gasteiger partial charge in [0.25, 0.3) is 5.69 Å². The zero-order chi connectivity index (χ0) is 20.1. The minimum Gasteiger partial charge on any atom is -0.454 e. The fourth-order valence-electron chi connectivity index (χ4n) is 3.16. The van der Waals surface area contributed by atoms with Crippen LogP contribution in [0.25, 0.3) is 0 Å². The molecule has 8 heteroatoms. The van der Waals surface area contributed by atoms with Crippen molar-refractivity contribution in [1.29, 1.82) is 0 Å². The van der Waals surface area contributed by atoms with Crippen molar-refractivity contribution in [2.24, 2.45) is 0 Å². The third-order valence-corrected chi connectivity index (χ3v) is 4.59. The van der Waals surface area contributed by atoms with Gasteiger partial charge >= 0.3 is 5.97 Å². The number of carbonyl (C=O) groups is 2. The minimum atomic E-state index is -0.849. The van der Waals surface area contributed by atoms with Gasteiger partial charge in [0.15, 0.2) is 12.4 Å². The highest BCUT2D eigenvalue weighted by atomic mass is 19.1. The summed E-state index contributed by atoms with van der Waals surface area (Å²) in [6.45, 7) is 0.878. The first-order chi connectivity index (χ1) is 13.5. The van der Waals surface area contributed by atoms with Gasteiger partial charge in [-0.15, -0.1) is 0 Å². The molecule has 1 heterocycles. The summed E-state index contributed by atoms with van der Waals surface area (Å²) in [6, 6.07) is 9.20. The van der Waals surface area contributed by atoms with Gasteiger partial charge in [0.05, 0.1) is 10.5 Å². The summed E-state index contributed by atoms with van der Waals surface area (Å²) >= 11 is 0. The first kappa shape index (κ1) is 19.5. The second-order valence-corrected chi connectivity index (χ2v) is 6.52. The van der Waals surface area contributed by atoms with Crippen molar-refractivity contribution in [3.8, 4) is 0 Å². The van der Waals surface area contributed by atoms with Crippen molar-refractivity contribution >= 4 is 23.1 Å². The standard InChI is InChI=1S/C20H19FN2O5/c21-16-6-4-5-14(11-16)19(24)13-28-20(25)15-7-8-17(18(12-15)23(26)27)22-9-2-1-3-10-22/h4-8,11-12H,1-3,9-10,13H2. The minimum absolute atomic E-state index is 0.0144. The van der Waals surface area contributed by atoms with Gasteiger partial charge in [0, 0.05) is 24.7 Å². The maximum atomic E-state index is 13.2. The van der Waals surface area contributed by atoms with E-state index in [4.69, 9.17) is 4.74 Å². The topological polar surface area (TPSA) is 89.8 Å². The number of nitro benzene ring substituents is 1. The molecule has 0 aliphatic carbocycles. The highest BCUT2D eigenvalue weighted by Gasteiger charge is 2.24. The molecule has 0 radical (unpaired) electrons. The summed E-state index contributed by atoms with van der Waals surface area (Å²) in [5.74, 6) is -1.98. The highest BCUT2D eigenvalue weighted by molar-refractivity contribution is 5.99. The smallest absolute Gasteiger partial charge is 0.338 e. The van der Waals surface area contributed by atoms with Gasteiger partial charge in [-0.3, -0.25) is 14.9 Å². The van der Waals surface area contributed by atoms with Crippen LogP contribution < -0.4 is 4.90 Å². The first-order valence-corrected chi connectivity index (χ1v) is 8.95. The molecule has 146 valence electrons. The number of ketones is 1. The van der Waals surface area contributed by atoms with E-state index in [2.05, 4.69) is 0 Å². The molecule has 7 nitrogen and oxygen atoms in total. The van der Waals surface area contributed by atoms with Gasteiger partial charge < -0.3 is 9.64 Å². The van der Waals surface area contributed by atoms with E-state index in [1.54, 1.807) is 0 Å². The molecular weight excluding hydrogens is 367 g/mol. The van der Waals surface area contributed by atoms with Crippen LogP contribution in [-0.4, -0.2) is 36.4 Å². The summed E-state index contributed by atoms with van der Waals surface area (Å²) in [5, 5.41) is 11.5. The predicted octanol–water partition coefficient (Wildman–Crippen LogP) is 3.76. The van der Waals surface area contributed by atoms with E-state index in [1.165, 1.54) is 36.4 Å². The number of ether oxygens (including phenoxy) is 1. The quantitative estimate of drug-likeness (QED) is 0.325. The fourth-order valence-corrected chi connectivity index (χ4v) is 3.16. The largest absolute Gasteiger partial charge is 0.454 e. The number of hydrogen-bond acceptors (Lipinski definition) is 6. The Kier molecular flexibility index (Phi) is 5.98. The zero-order valence-corrected chi connectivity index (χ0v) is 15.1. The van der Waals surface area contributed by atoms with Crippen LogP contribution in [0.15, 0.2) is 42.5 Å². The van der Waals surface area contributed by atoms with E-state index >= 15 is 0 Å². The molecule has 28 heavy (non-hydrogen) atoms. The van der Waals surface area contributed by atoms with Crippen LogP contribution in [0.2, 0.25) is 0 Å². The summed E-state index contributed by atoms with van der Waals surface area (Å²) in [4.78, 5) is 37.1. The number of benzene rings is 2. The number of nitro groups is 1. The van der Waals surface area contributed by atoms with Gasteiger partial charge in [-0.05, 0) is 43.5 Å². The van der Waals surface area contributed by atoms with Crippen LogP contribution in [0.4, 0.5) is 15.8 Å². The number of piperidine rings is 1. The van der Waals surface area contributed by atoms with Crippen molar-refractivity contribution in [2.75, 3.05) is 24.6 Å². The molecule has 0 unspecified atom stereocenters. The molecule has 0 amide bonds. The Morgan fingerprint density at radius 1 is 1.07 bits per heavy atom. The molecule has 1 aliphatic rings. The van der Waals surface area contributed by atoms with E-state index in [9.17, 15) is 24.1 Å². The summed E-state index contributed by atoms with van der Waals surface area (Å²) < 4.78 is 18.1. The van der Waals surface area contributed by atoms with Crippen LogP contribution in [0.5, 0.6) is 0 Å². The lowest BCUT2D eigenvalue weighted by Crippen LogP contribution is -2.30. The summed E-state index contributed by atoms with van der Waals surface area (Å²) in [6.07, 6.45) is 3.01. The van der Waals surface area contributed by atoms with Gasteiger partial charge in [-0.1, -0.05) is 12.1 Å². The average molecular weight is 386 g/mol. The van der Waals surface area contributed by atoms with E-state index in [1.807, 2.05) is 4.90 Å². The molecule has 0 bridgehead atoms. The molecule has 1 aliphatic heterocycles. The molecule has 2 aromatic rings. The number of Topliss-reactive ketones (excluding diaryl/α,β-unsaturated/α-hetero) is 1. The number of carbonyl (C=O) groups excluding carboxylic acids is 2. The molecule has 2 aromatic carbocycles. The molecule has 3 rings (SSSR count). The molecular formula is C20H19FN2O5.